The second kappa shape index (κ2) is 29.1. The number of hydrogen-bond donors (Lipinski definition) is 1. The van der Waals surface area contributed by atoms with Gasteiger partial charge in [0.1, 0.15) is 0 Å². The lowest BCUT2D eigenvalue weighted by atomic mass is 10.2. The summed E-state index contributed by atoms with van der Waals surface area (Å²) in [5, 5.41) is 15.4. The van der Waals surface area contributed by atoms with E-state index in [0.717, 1.165) is 6.08 Å². The number of esters is 1. The van der Waals surface area contributed by atoms with Crippen LogP contribution in [0.2, 0.25) is 0 Å². The van der Waals surface area contributed by atoms with Gasteiger partial charge in [0.15, 0.2) is 0 Å². The van der Waals surface area contributed by atoms with Gasteiger partial charge in [-0.05, 0) is 25.0 Å². The molecule has 0 amide bonds. The van der Waals surface area contributed by atoms with Crippen LogP contribution in [0.4, 0.5) is 0 Å². The van der Waals surface area contributed by atoms with E-state index in [2.05, 4.69) is 55.8 Å². The molecule has 5 nitrogen and oxygen atoms in total. The summed E-state index contributed by atoms with van der Waals surface area (Å²) in [6, 6.07) is 21.9. The van der Waals surface area contributed by atoms with Gasteiger partial charge in [0, 0.05) is 17.7 Å². The van der Waals surface area contributed by atoms with Crippen LogP contribution < -0.4 is 0 Å². The summed E-state index contributed by atoms with van der Waals surface area (Å²) in [7, 11) is 0. The highest BCUT2D eigenvalue weighted by Gasteiger charge is 1.90. The van der Waals surface area contributed by atoms with E-state index in [1.165, 1.54) is 24.1 Å². The molecule has 0 aliphatic carbocycles. The van der Waals surface area contributed by atoms with Crippen LogP contribution >= 0.6 is 0 Å². The van der Waals surface area contributed by atoms with Crippen LogP contribution in [0.25, 0.3) is 12.2 Å². The molecule has 2 aromatic carbocycles. The number of carboxylic acid groups (broad SMARTS) is 1. The average Bonchev–Trinajstić information content (AvgIpc) is 2.93. The minimum absolute atomic E-state index is 0.176. The number of rotatable bonds is 7. The smallest absolute Gasteiger partial charge is 0.330 e. The first-order chi connectivity index (χ1) is 17.7. The largest absolute Gasteiger partial charge is 0.478 e. The molecule has 0 unspecified atom stereocenters. The van der Waals surface area contributed by atoms with Crippen molar-refractivity contribution in [1.29, 1.82) is 5.26 Å². The third-order valence-corrected chi connectivity index (χ3v) is 3.39. The zero-order valence-electron chi connectivity index (χ0n) is 21.8. The summed E-state index contributed by atoms with van der Waals surface area (Å²) >= 11 is 0. The summed E-state index contributed by atoms with van der Waals surface area (Å²) < 4.78 is 4.43. The number of carbonyl (C=O) groups is 2. The molecule has 0 aliphatic rings. The summed E-state index contributed by atoms with van der Waals surface area (Å²) in [4.78, 5) is 19.7. The highest BCUT2D eigenvalue weighted by Crippen LogP contribution is 2.00. The molecule has 0 aromatic heterocycles. The summed E-state index contributed by atoms with van der Waals surface area (Å²) in [6.45, 7) is 20.3. The van der Waals surface area contributed by atoms with Crippen LogP contribution in [-0.4, -0.2) is 23.7 Å². The van der Waals surface area contributed by atoms with E-state index < -0.39 is 5.97 Å². The van der Waals surface area contributed by atoms with Crippen molar-refractivity contribution in [3.8, 4) is 6.07 Å². The van der Waals surface area contributed by atoms with Crippen LogP contribution in [0.5, 0.6) is 0 Å². The van der Waals surface area contributed by atoms with Gasteiger partial charge in [0.2, 0.25) is 0 Å². The Labute approximate surface area is 222 Å². The molecule has 0 saturated heterocycles. The van der Waals surface area contributed by atoms with Gasteiger partial charge in [-0.15, -0.1) is 0 Å². The Morgan fingerprint density at radius 3 is 1.65 bits per heavy atom. The van der Waals surface area contributed by atoms with E-state index in [4.69, 9.17) is 10.4 Å². The minimum Gasteiger partial charge on any atom is -0.478 e. The molecule has 0 aliphatic heterocycles. The van der Waals surface area contributed by atoms with Gasteiger partial charge in [0.05, 0.1) is 12.7 Å². The van der Waals surface area contributed by atoms with Crippen molar-refractivity contribution < 1.29 is 19.4 Å². The third kappa shape index (κ3) is 31.1. The van der Waals surface area contributed by atoms with E-state index in [1.54, 1.807) is 19.1 Å². The van der Waals surface area contributed by atoms with Crippen LogP contribution in [0.15, 0.2) is 136 Å². The molecule has 1 N–H and O–H groups in total. The van der Waals surface area contributed by atoms with Crippen molar-refractivity contribution in [3.05, 3.63) is 147 Å². The number of carbonyl (C=O) groups excluding carboxylic acids is 1. The maximum Gasteiger partial charge on any atom is 0.330 e. The number of ether oxygens (including phenoxy) is 1. The molecule has 0 fully saturated rings. The molecule has 0 radical (unpaired) electrons. The summed E-state index contributed by atoms with van der Waals surface area (Å²) in [5.41, 5.74) is 2.56. The maximum atomic E-state index is 10.1. The molecule has 5 heteroatoms. The highest BCUT2D eigenvalue weighted by molar-refractivity contribution is 5.84. The van der Waals surface area contributed by atoms with Crippen molar-refractivity contribution in [2.75, 3.05) is 6.61 Å². The molecule has 2 aromatic rings. The van der Waals surface area contributed by atoms with E-state index in [9.17, 15) is 9.59 Å². The summed E-state index contributed by atoms with van der Waals surface area (Å²) in [6.07, 6.45) is 13.8. The molecular formula is C32H37NO4. The molecule has 0 heterocycles. The first-order valence-corrected chi connectivity index (χ1v) is 11.1. The monoisotopic (exact) mass is 499 g/mol. The molecule has 0 saturated carbocycles. The van der Waals surface area contributed by atoms with E-state index in [1.807, 2.05) is 72.8 Å². The SMILES string of the molecule is C=C(C)C(=O)O.C=CC#N.C=CC(=O)OCC.C=CC=CC=Cc1ccccc1.C=Cc1ccccc1. The Balaban J connectivity index is -0.000000411. The quantitative estimate of drug-likeness (QED) is 0.181. The first-order valence-electron chi connectivity index (χ1n) is 11.1. The highest BCUT2D eigenvalue weighted by atomic mass is 16.5. The number of aliphatic carboxylic acids is 1. The normalized spacial score (nSPS) is 8.46. The minimum atomic E-state index is -0.935. The second-order valence-electron chi connectivity index (χ2n) is 6.38. The third-order valence-electron chi connectivity index (χ3n) is 3.39. The zero-order chi connectivity index (χ0) is 28.7. The number of nitrogens with zero attached hydrogens (tertiary/aromatic N) is 1. The van der Waals surface area contributed by atoms with Gasteiger partial charge in [-0.25, -0.2) is 9.59 Å². The molecule has 2 rings (SSSR count). The van der Waals surface area contributed by atoms with E-state index >= 15 is 0 Å². The predicted octanol–water partition coefficient (Wildman–Crippen LogP) is 7.85. The number of allylic oxidation sites excluding steroid dienone is 5. The first kappa shape index (κ1) is 36.6. The lowest BCUT2D eigenvalue weighted by Crippen LogP contribution is -1.97. The number of nitriles is 1. The fourth-order valence-electron chi connectivity index (χ4n) is 1.66. The van der Waals surface area contributed by atoms with E-state index in [-0.39, 0.29) is 11.5 Å². The predicted molar refractivity (Wildman–Crippen MR) is 156 cm³/mol. The summed E-state index contributed by atoms with van der Waals surface area (Å²) in [5.74, 6) is -1.29. The van der Waals surface area contributed by atoms with Gasteiger partial charge < -0.3 is 9.84 Å². The van der Waals surface area contributed by atoms with Crippen LogP contribution in [-0.2, 0) is 14.3 Å². The average molecular weight is 500 g/mol. The van der Waals surface area contributed by atoms with Gasteiger partial charge in [-0.1, -0.05) is 130 Å². The topological polar surface area (TPSA) is 87.4 Å². The number of hydrogen-bond acceptors (Lipinski definition) is 4. The van der Waals surface area contributed by atoms with Crippen LogP contribution in [0.3, 0.4) is 0 Å². The Bertz CT molecular complexity index is 1020. The van der Waals surface area contributed by atoms with Crippen LogP contribution in [0, 0.1) is 11.3 Å². The Hall–Kier alpha value is -4.95. The Morgan fingerprint density at radius 2 is 1.38 bits per heavy atom. The number of carboxylic acids is 1. The van der Waals surface area contributed by atoms with Crippen LogP contribution in [0.1, 0.15) is 25.0 Å². The standard InChI is InChI=1S/C12H12.C8H8.C5H8O2.C4H6O2.C3H3N/c1-2-3-4-6-9-12-10-7-5-8-11-12;1-2-8-6-4-3-5-7-8;1-3-5(6)7-4-2;1-3(2)4(5)6;1-2-3-4/h2-11H,1H2;2-7H,1H2;3H,1,4H2,2H3;1H2,2H3,(H,5,6);2H,1H2. The van der Waals surface area contributed by atoms with Gasteiger partial charge in [-0.2, -0.15) is 5.26 Å². The maximum absolute atomic E-state index is 10.1. The van der Waals surface area contributed by atoms with Crippen molar-refractivity contribution in [3.63, 3.8) is 0 Å². The second-order valence-corrected chi connectivity index (χ2v) is 6.38. The van der Waals surface area contributed by atoms with Gasteiger partial charge >= 0.3 is 11.9 Å². The molecule has 0 atom stereocenters. The van der Waals surface area contributed by atoms with Crippen molar-refractivity contribution in [1.82, 2.24) is 0 Å². The van der Waals surface area contributed by atoms with Crippen molar-refractivity contribution in [2.24, 2.45) is 0 Å². The molecule has 37 heavy (non-hydrogen) atoms. The molecular weight excluding hydrogens is 462 g/mol. The Kier molecular flexibility index (Phi) is 28.8. The fourth-order valence-corrected chi connectivity index (χ4v) is 1.66. The fraction of sp³-hybridized carbons (Fsp3) is 0.0938. The Morgan fingerprint density at radius 1 is 0.919 bits per heavy atom. The lowest BCUT2D eigenvalue weighted by molar-refractivity contribution is -0.137. The lowest BCUT2D eigenvalue weighted by Gasteiger charge is -1.90. The molecule has 0 bridgehead atoms. The number of benzene rings is 2. The van der Waals surface area contributed by atoms with Gasteiger partial charge in [0.25, 0.3) is 0 Å². The van der Waals surface area contributed by atoms with Crippen molar-refractivity contribution >= 4 is 24.1 Å². The van der Waals surface area contributed by atoms with E-state index in [0.29, 0.717) is 6.61 Å². The molecule has 0 spiro atoms. The molecule has 194 valence electrons. The van der Waals surface area contributed by atoms with Gasteiger partial charge in [-0.3, -0.25) is 0 Å². The zero-order valence-corrected chi connectivity index (χ0v) is 21.8. The van der Waals surface area contributed by atoms with Crippen molar-refractivity contribution in [2.45, 2.75) is 13.8 Å².